The van der Waals surface area contributed by atoms with E-state index in [9.17, 15) is 0 Å². The second kappa shape index (κ2) is 13.1. The maximum Gasteiger partial charge on any atom is 0.160 e. The number of furan rings is 1. The average molecular weight is 729 g/mol. The van der Waals surface area contributed by atoms with Crippen LogP contribution in [0.25, 0.3) is 89.2 Å². The number of hydrogen-bond donors (Lipinski definition) is 0. The largest absolute Gasteiger partial charge is 0.455 e. The average Bonchev–Trinajstić information content (AvgIpc) is 3.80. The van der Waals surface area contributed by atoms with E-state index in [1.807, 2.05) is 30.3 Å². The molecule has 268 valence electrons. The van der Waals surface area contributed by atoms with Crippen molar-refractivity contribution in [3.8, 4) is 67.3 Å². The van der Waals surface area contributed by atoms with Gasteiger partial charge in [0.05, 0.1) is 11.4 Å². The summed E-state index contributed by atoms with van der Waals surface area (Å²) in [6.45, 7) is 2.38. The summed E-state index contributed by atoms with van der Waals surface area (Å²) in [5.74, 6) is 0.695. The first-order valence-corrected chi connectivity index (χ1v) is 19.5. The minimum atomic E-state index is -0.289. The summed E-state index contributed by atoms with van der Waals surface area (Å²) < 4.78 is 6.36. The lowest BCUT2D eigenvalue weighted by atomic mass is 9.71. The van der Waals surface area contributed by atoms with Gasteiger partial charge in [-0.25, -0.2) is 9.97 Å². The monoisotopic (exact) mass is 728 g/mol. The van der Waals surface area contributed by atoms with E-state index >= 15 is 0 Å². The molecule has 0 amide bonds. The van der Waals surface area contributed by atoms with Gasteiger partial charge in [-0.05, 0) is 63.6 Å². The first-order valence-electron chi connectivity index (χ1n) is 19.5. The Bertz CT molecular complexity index is 3080. The van der Waals surface area contributed by atoms with Crippen molar-refractivity contribution in [2.24, 2.45) is 0 Å². The zero-order valence-electron chi connectivity index (χ0n) is 31.4. The Morgan fingerprint density at radius 1 is 0.368 bits per heavy atom. The van der Waals surface area contributed by atoms with Gasteiger partial charge in [0.1, 0.15) is 11.2 Å². The van der Waals surface area contributed by atoms with Crippen LogP contribution >= 0.6 is 0 Å². The van der Waals surface area contributed by atoms with E-state index in [-0.39, 0.29) is 5.41 Å². The smallest absolute Gasteiger partial charge is 0.160 e. The van der Waals surface area contributed by atoms with Gasteiger partial charge in [0, 0.05) is 38.4 Å². The van der Waals surface area contributed by atoms with Crippen molar-refractivity contribution in [3.05, 3.63) is 217 Å². The van der Waals surface area contributed by atoms with E-state index < -0.39 is 0 Å². The van der Waals surface area contributed by atoms with Gasteiger partial charge in [-0.2, -0.15) is 0 Å². The first kappa shape index (κ1) is 33.0. The third-order valence-electron chi connectivity index (χ3n) is 11.8. The Labute approximate surface area is 331 Å². The summed E-state index contributed by atoms with van der Waals surface area (Å²) in [6.07, 6.45) is 0. The molecule has 0 unspecified atom stereocenters. The van der Waals surface area contributed by atoms with Crippen LogP contribution in [0.4, 0.5) is 0 Å². The summed E-state index contributed by atoms with van der Waals surface area (Å²) in [4.78, 5) is 10.3. The van der Waals surface area contributed by atoms with Crippen molar-refractivity contribution in [2.45, 2.75) is 12.3 Å². The predicted molar refractivity (Wildman–Crippen MR) is 234 cm³/mol. The molecule has 0 aliphatic heterocycles. The third kappa shape index (κ3) is 5.35. The molecular formula is C54H36N2O. The minimum absolute atomic E-state index is 0.289. The van der Waals surface area contributed by atoms with Crippen LogP contribution in [0.3, 0.4) is 0 Å². The summed E-state index contributed by atoms with van der Waals surface area (Å²) in [5.41, 5.74) is 17.5. The van der Waals surface area contributed by atoms with Crippen LogP contribution in [0.2, 0.25) is 0 Å². The van der Waals surface area contributed by atoms with E-state index in [0.717, 1.165) is 61.1 Å². The van der Waals surface area contributed by atoms with E-state index in [1.165, 1.54) is 38.9 Å². The Balaban J connectivity index is 0.977. The lowest BCUT2D eigenvalue weighted by molar-refractivity contribution is 0.670. The summed E-state index contributed by atoms with van der Waals surface area (Å²) in [6, 6.07) is 71.0. The molecular weight excluding hydrogens is 693 g/mol. The third-order valence-corrected chi connectivity index (χ3v) is 11.8. The molecule has 57 heavy (non-hydrogen) atoms. The number of para-hydroxylation sites is 2. The van der Waals surface area contributed by atoms with Gasteiger partial charge in [-0.3, -0.25) is 0 Å². The Morgan fingerprint density at radius 3 is 1.46 bits per heavy atom. The SMILES string of the molecule is CC1(c2ccccc2-c2ccc(-c3cc(-c4ccc(-c5cccc6c5oc5ccccc56)cc4)nc(-c4ccccc4)n3)cc2)c2ccccc2-c2ccccc21. The van der Waals surface area contributed by atoms with Crippen molar-refractivity contribution in [2.75, 3.05) is 0 Å². The normalized spacial score (nSPS) is 12.8. The fourth-order valence-corrected chi connectivity index (χ4v) is 8.99. The molecule has 10 aromatic rings. The second-order valence-electron chi connectivity index (χ2n) is 15.0. The van der Waals surface area contributed by atoms with Gasteiger partial charge in [0.2, 0.25) is 0 Å². The van der Waals surface area contributed by atoms with Crippen LogP contribution < -0.4 is 0 Å². The number of aromatic nitrogens is 2. The highest BCUT2D eigenvalue weighted by atomic mass is 16.3. The summed E-state index contributed by atoms with van der Waals surface area (Å²) in [7, 11) is 0. The first-order chi connectivity index (χ1) is 28.1. The quantitative estimate of drug-likeness (QED) is 0.171. The molecule has 1 aliphatic carbocycles. The van der Waals surface area contributed by atoms with E-state index in [4.69, 9.17) is 14.4 Å². The van der Waals surface area contributed by atoms with Gasteiger partial charge in [-0.15, -0.1) is 0 Å². The summed E-state index contributed by atoms with van der Waals surface area (Å²) in [5, 5.41) is 2.25. The van der Waals surface area contributed by atoms with Crippen molar-refractivity contribution in [1.29, 1.82) is 0 Å². The molecule has 0 atom stereocenters. The molecule has 0 saturated carbocycles. The molecule has 2 heterocycles. The Morgan fingerprint density at radius 2 is 0.825 bits per heavy atom. The van der Waals surface area contributed by atoms with E-state index in [1.54, 1.807) is 0 Å². The molecule has 2 aromatic heterocycles. The zero-order chi connectivity index (χ0) is 37.9. The molecule has 0 fully saturated rings. The maximum atomic E-state index is 6.36. The van der Waals surface area contributed by atoms with Crippen molar-refractivity contribution >= 4 is 21.9 Å². The number of hydrogen-bond acceptors (Lipinski definition) is 3. The molecule has 3 nitrogen and oxygen atoms in total. The molecule has 11 rings (SSSR count). The second-order valence-corrected chi connectivity index (χ2v) is 15.0. The zero-order valence-corrected chi connectivity index (χ0v) is 31.4. The van der Waals surface area contributed by atoms with Gasteiger partial charge in [0.15, 0.2) is 5.82 Å². The minimum Gasteiger partial charge on any atom is -0.455 e. The molecule has 3 heteroatoms. The lowest BCUT2D eigenvalue weighted by Gasteiger charge is -2.30. The molecule has 8 aromatic carbocycles. The Hall–Kier alpha value is -7.36. The van der Waals surface area contributed by atoms with Crippen molar-refractivity contribution < 1.29 is 4.42 Å². The summed E-state index contributed by atoms with van der Waals surface area (Å²) >= 11 is 0. The van der Waals surface area contributed by atoms with Crippen molar-refractivity contribution in [1.82, 2.24) is 9.97 Å². The topological polar surface area (TPSA) is 38.9 Å². The highest BCUT2D eigenvalue weighted by molar-refractivity contribution is 6.09. The van der Waals surface area contributed by atoms with E-state index in [2.05, 4.69) is 177 Å². The highest BCUT2D eigenvalue weighted by Gasteiger charge is 2.41. The van der Waals surface area contributed by atoms with Crippen molar-refractivity contribution in [3.63, 3.8) is 0 Å². The number of benzene rings is 8. The van der Waals surface area contributed by atoms with Gasteiger partial charge < -0.3 is 4.42 Å². The van der Waals surface area contributed by atoms with E-state index in [0.29, 0.717) is 5.82 Å². The van der Waals surface area contributed by atoms with Crippen LogP contribution in [-0.2, 0) is 5.41 Å². The van der Waals surface area contributed by atoms with Gasteiger partial charge >= 0.3 is 0 Å². The lowest BCUT2D eigenvalue weighted by Crippen LogP contribution is -2.23. The predicted octanol–water partition coefficient (Wildman–Crippen LogP) is 14.0. The fraction of sp³-hybridized carbons (Fsp3) is 0.0370. The molecule has 0 saturated heterocycles. The molecule has 0 radical (unpaired) electrons. The van der Waals surface area contributed by atoms with Crippen LogP contribution in [-0.4, -0.2) is 9.97 Å². The fourth-order valence-electron chi connectivity index (χ4n) is 8.99. The van der Waals surface area contributed by atoms with Gasteiger partial charge in [-0.1, -0.05) is 188 Å². The van der Waals surface area contributed by atoms with Crippen LogP contribution in [0.5, 0.6) is 0 Å². The number of fused-ring (bicyclic) bond motifs is 6. The van der Waals surface area contributed by atoms with Crippen LogP contribution in [0.1, 0.15) is 23.6 Å². The number of nitrogens with zero attached hydrogens (tertiary/aromatic N) is 2. The molecule has 0 bridgehead atoms. The van der Waals surface area contributed by atoms with Gasteiger partial charge in [0.25, 0.3) is 0 Å². The molecule has 1 aliphatic rings. The highest BCUT2D eigenvalue weighted by Crippen LogP contribution is 2.54. The van der Waals surface area contributed by atoms with Crippen LogP contribution in [0, 0.1) is 0 Å². The maximum absolute atomic E-state index is 6.36. The number of rotatable bonds is 6. The standard InChI is InChI=1S/C54H36N2O/c1-54(47-23-10-6-17-42(47)43-18-7-11-24-48(43)54)46-22-9-5-16-40(46)35-26-30-37(31-27-35)49-34-50(56-53(55-49)39-14-3-2-4-15-39)38-32-28-36(29-33-38)41-20-13-21-45-44-19-8-12-25-51(44)57-52(41)45/h2-34H,1H3. The van der Waals surface area contributed by atoms with Crippen LogP contribution in [0.15, 0.2) is 205 Å². The molecule has 0 spiro atoms. The molecule has 0 N–H and O–H groups in total. The Kier molecular flexibility index (Phi) is 7.61.